The quantitative estimate of drug-likeness (QED) is 0.734. The number of rotatable bonds is 4. The van der Waals surface area contributed by atoms with Crippen LogP contribution in [-0.4, -0.2) is 23.4 Å². The summed E-state index contributed by atoms with van der Waals surface area (Å²) in [6.07, 6.45) is 0. The molecule has 0 aliphatic carbocycles. The van der Waals surface area contributed by atoms with E-state index in [0.717, 1.165) is 21.6 Å². The van der Waals surface area contributed by atoms with Crippen LogP contribution in [0.25, 0.3) is 0 Å². The average Bonchev–Trinajstić information content (AvgIpc) is 2.22. The van der Waals surface area contributed by atoms with Crippen molar-refractivity contribution in [3.05, 3.63) is 33.3 Å². The van der Waals surface area contributed by atoms with Crippen LogP contribution in [-0.2, 0) is 6.54 Å². The largest absolute Gasteiger partial charge is 0.296 e. The molecule has 0 amide bonds. The van der Waals surface area contributed by atoms with Crippen LogP contribution in [0, 0.1) is 0 Å². The van der Waals surface area contributed by atoms with Gasteiger partial charge in [-0.05, 0) is 38.6 Å². The molecule has 0 N–H and O–H groups in total. The van der Waals surface area contributed by atoms with E-state index < -0.39 is 0 Å². The third-order valence-electron chi connectivity index (χ3n) is 2.78. The van der Waals surface area contributed by atoms with Gasteiger partial charge in [-0.2, -0.15) is 0 Å². The molecule has 1 aromatic carbocycles. The van der Waals surface area contributed by atoms with Gasteiger partial charge in [0.1, 0.15) is 0 Å². The first-order valence-corrected chi connectivity index (χ1v) is 6.78. The summed E-state index contributed by atoms with van der Waals surface area (Å²) in [5.41, 5.74) is 1.09. The predicted molar refractivity (Wildman–Crippen MR) is 75.4 cm³/mol. The summed E-state index contributed by atoms with van der Waals surface area (Å²) in [6.45, 7) is 5.03. The Balaban J connectivity index is 2.81. The molecule has 0 aliphatic heterocycles. The third-order valence-corrected chi connectivity index (χ3v) is 4.28. The Bertz CT molecular complexity index is 366. The highest BCUT2D eigenvalue weighted by molar-refractivity contribution is 9.10. The molecular formula is C12H16BrCl2N. The lowest BCUT2D eigenvalue weighted by molar-refractivity contribution is 0.171. The molecule has 1 nitrogen and oxygen atoms in total. The summed E-state index contributed by atoms with van der Waals surface area (Å²) in [5.74, 6) is 0.595. The molecule has 0 aliphatic rings. The van der Waals surface area contributed by atoms with Crippen molar-refractivity contribution >= 4 is 39.1 Å². The molecule has 1 aromatic rings. The van der Waals surface area contributed by atoms with Crippen molar-refractivity contribution in [3.8, 4) is 0 Å². The highest BCUT2D eigenvalue weighted by Gasteiger charge is 2.22. The fourth-order valence-electron chi connectivity index (χ4n) is 1.22. The van der Waals surface area contributed by atoms with E-state index >= 15 is 0 Å². The zero-order valence-electron chi connectivity index (χ0n) is 9.73. The molecule has 0 saturated carbocycles. The first-order valence-electron chi connectivity index (χ1n) is 5.08. The predicted octanol–water partition coefficient (Wildman–Crippen LogP) is 4.55. The summed E-state index contributed by atoms with van der Waals surface area (Å²) in [7, 11) is 2.06. The van der Waals surface area contributed by atoms with Gasteiger partial charge in [0.25, 0.3) is 0 Å². The van der Waals surface area contributed by atoms with Crippen molar-refractivity contribution in [2.24, 2.45) is 0 Å². The minimum absolute atomic E-state index is 0.0298. The van der Waals surface area contributed by atoms with Crippen molar-refractivity contribution in [1.82, 2.24) is 4.90 Å². The van der Waals surface area contributed by atoms with E-state index in [1.54, 1.807) is 0 Å². The molecule has 0 radical (unpaired) electrons. The van der Waals surface area contributed by atoms with Gasteiger partial charge in [0, 0.05) is 27.5 Å². The Hall–Kier alpha value is 0.240. The number of alkyl halides is 1. The normalized spacial score (nSPS) is 12.2. The zero-order chi connectivity index (χ0) is 12.3. The van der Waals surface area contributed by atoms with Gasteiger partial charge in [0.2, 0.25) is 0 Å². The maximum Gasteiger partial charge on any atom is 0.0462 e. The Morgan fingerprint density at radius 2 is 2.00 bits per heavy atom. The summed E-state index contributed by atoms with van der Waals surface area (Å²) < 4.78 is 1.00. The maximum absolute atomic E-state index is 6.18. The minimum atomic E-state index is -0.0298. The van der Waals surface area contributed by atoms with Crippen LogP contribution in [0.15, 0.2) is 22.7 Å². The molecule has 0 atom stereocenters. The number of nitrogens with zero attached hydrogens (tertiary/aromatic N) is 1. The second-order valence-corrected chi connectivity index (χ2v) is 6.13. The minimum Gasteiger partial charge on any atom is -0.296 e. The van der Waals surface area contributed by atoms with Gasteiger partial charge in [-0.15, -0.1) is 11.6 Å². The number of halogens is 3. The molecule has 16 heavy (non-hydrogen) atoms. The van der Waals surface area contributed by atoms with E-state index in [9.17, 15) is 0 Å². The highest BCUT2D eigenvalue weighted by Crippen LogP contribution is 2.25. The molecule has 0 saturated heterocycles. The van der Waals surface area contributed by atoms with Crippen LogP contribution in [0.1, 0.15) is 19.4 Å². The van der Waals surface area contributed by atoms with E-state index in [1.807, 2.05) is 18.2 Å². The van der Waals surface area contributed by atoms with Crippen molar-refractivity contribution in [2.45, 2.75) is 25.9 Å². The number of hydrogen-bond donors (Lipinski definition) is 0. The number of hydrogen-bond acceptors (Lipinski definition) is 1. The lowest BCUT2D eigenvalue weighted by Gasteiger charge is -2.34. The Labute approximate surface area is 116 Å². The van der Waals surface area contributed by atoms with E-state index in [4.69, 9.17) is 23.2 Å². The molecule has 4 heteroatoms. The topological polar surface area (TPSA) is 3.24 Å². The summed E-state index contributed by atoms with van der Waals surface area (Å²) in [4.78, 5) is 2.20. The monoisotopic (exact) mass is 323 g/mol. The molecule has 0 bridgehead atoms. The van der Waals surface area contributed by atoms with Gasteiger partial charge in [0.05, 0.1) is 0 Å². The fourth-order valence-corrected chi connectivity index (χ4v) is 2.16. The highest BCUT2D eigenvalue weighted by atomic mass is 79.9. The molecule has 0 aromatic heterocycles. The fraction of sp³-hybridized carbons (Fsp3) is 0.500. The first-order chi connectivity index (χ1) is 7.36. The van der Waals surface area contributed by atoms with E-state index in [1.165, 1.54) is 0 Å². The maximum atomic E-state index is 6.18. The van der Waals surface area contributed by atoms with Gasteiger partial charge >= 0.3 is 0 Å². The summed E-state index contributed by atoms with van der Waals surface area (Å²) in [6, 6.07) is 5.95. The SMILES string of the molecule is CN(Cc1ccc(Br)cc1Cl)C(C)(C)CCl. The van der Waals surface area contributed by atoms with Gasteiger partial charge < -0.3 is 0 Å². The van der Waals surface area contributed by atoms with Crippen molar-refractivity contribution in [1.29, 1.82) is 0 Å². The van der Waals surface area contributed by atoms with Gasteiger partial charge in [-0.1, -0.05) is 33.6 Å². The van der Waals surface area contributed by atoms with Gasteiger partial charge in [-0.3, -0.25) is 4.90 Å². The van der Waals surface area contributed by atoms with E-state index in [2.05, 4.69) is 41.7 Å². The smallest absolute Gasteiger partial charge is 0.0462 e. The molecule has 0 fully saturated rings. The second-order valence-electron chi connectivity index (χ2n) is 4.54. The lowest BCUT2D eigenvalue weighted by Crippen LogP contribution is -2.42. The van der Waals surface area contributed by atoms with Crippen LogP contribution in [0.2, 0.25) is 5.02 Å². The Kier molecular flexibility index (Phi) is 5.11. The summed E-state index contributed by atoms with van der Waals surface area (Å²) in [5, 5.41) is 0.784. The zero-order valence-corrected chi connectivity index (χ0v) is 12.8. The van der Waals surface area contributed by atoms with Gasteiger partial charge in [-0.25, -0.2) is 0 Å². The van der Waals surface area contributed by atoms with Gasteiger partial charge in [0.15, 0.2) is 0 Å². The first kappa shape index (κ1) is 14.3. The Morgan fingerprint density at radius 3 is 2.50 bits per heavy atom. The van der Waals surface area contributed by atoms with Crippen LogP contribution >= 0.6 is 39.1 Å². The van der Waals surface area contributed by atoms with Crippen LogP contribution in [0.3, 0.4) is 0 Å². The molecule has 0 spiro atoms. The van der Waals surface area contributed by atoms with Crippen LogP contribution in [0.4, 0.5) is 0 Å². The molecule has 0 heterocycles. The second kappa shape index (κ2) is 5.72. The lowest BCUT2D eigenvalue weighted by atomic mass is 10.1. The average molecular weight is 325 g/mol. The number of benzene rings is 1. The van der Waals surface area contributed by atoms with E-state index in [0.29, 0.717) is 5.88 Å². The van der Waals surface area contributed by atoms with Crippen molar-refractivity contribution in [3.63, 3.8) is 0 Å². The summed E-state index contributed by atoms with van der Waals surface area (Å²) >= 11 is 15.5. The molecule has 90 valence electrons. The van der Waals surface area contributed by atoms with Crippen molar-refractivity contribution in [2.75, 3.05) is 12.9 Å². The molecular weight excluding hydrogens is 309 g/mol. The Morgan fingerprint density at radius 1 is 1.38 bits per heavy atom. The van der Waals surface area contributed by atoms with Crippen LogP contribution < -0.4 is 0 Å². The standard InChI is InChI=1S/C12H16BrCl2N/c1-12(2,8-14)16(3)7-9-4-5-10(13)6-11(9)15/h4-6H,7-8H2,1-3H3. The van der Waals surface area contributed by atoms with Crippen LogP contribution in [0.5, 0.6) is 0 Å². The van der Waals surface area contributed by atoms with E-state index in [-0.39, 0.29) is 5.54 Å². The molecule has 0 unspecified atom stereocenters. The molecule has 1 rings (SSSR count). The third kappa shape index (κ3) is 3.63. The van der Waals surface area contributed by atoms with Crippen molar-refractivity contribution < 1.29 is 0 Å².